The van der Waals surface area contributed by atoms with Gasteiger partial charge in [-0.1, -0.05) is 18.2 Å². The van der Waals surface area contributed by atoms with Crippen LogP contribution in [0.15, 0.2) is 30.3 Å². The van der Waals surface area contributed by atoms with Gasteiger partial charge in [0.05, 0.1) is 11.5 Å². The number of ether oxygens (including phenoxy) is 2. The standard InChI is InChI=1S/C14H14O4/c15-13(9-4-2-1-3-5-9)17-11-6-10-7-12(8-11)18-14(10)16/h1-5,10-12H,6-8H2/t10-,11+,12-/m1/s1. The molecule has 4 heteroatoms. The van der Waals surface area contributed by atoms with Crippen molar-refractivity contribution in [3.8, 4) is 0 Å². The van der Waals surface area contributed by atoms with Gasteiger partial charge in [-0.15, -0.1) is 0 Å². The fourth-order valence-electron chi connectivity index (χ4n) is 2.66. The van der Waals surface area contributed by atoms with E-state index in [4.69, 9.17) is 9.47 Å². The van der Waals surface area contributed by atoms with Crippen LogP contribution in [0.5, 0.6) is 0 Å². The van der Waals surface area contributed by atoms with Crippen LogP contribution in [0, 0.1) is 5.92 Å². The van der Waals surface area contributed by atoms with Gasteiger partial charge in [0.1, 0.15) is 12.2 Å². The van der Waals surface area contributed by atoms with E-state index in [9.17, 15) is 9.59 Å². The minimum Gasteiger partial charge on any atom is -0.462 e. The van der Waals surface area contributed by atoms with Gasteiger partial charge in [0.2, 0.25) is 0 Å². The van der Waals surface area contributed by atoms with Crippen molar-refractivity contribution < 1.29 is 19.1 Å². The molecule has 1 aromatic rings. The molecule has 0 N–H and O–H groups in total. The Labute approximate surface area is 105 Å². The SMILES string of the molecule is O=C(O[C@@H]1C[C@H]2C[C@@H](C1)C(=O)O2)c1ccccc1. The molecular weight excluding hydrogens is 232 g/mol. The number of carbonyl (C=O) groups is 2. The molecule has 0 spiro atoms. The van der Waals surface area contributed by atoms with Crippen molar-refractivity contribution in [3.63, 3.8) is 0 Å². The quantitative estimate of drug-likeness (QED) is 0.748. The Kier molecular flexibility index (Phi) is 2.78. The summed E-state index contributed by atoms with van der Waals surface area (Å²) >= 11 is 0. The molecule has 0 unspecified atom stereocenters. The molecule has 2 fully saturated rings. The van der Waals surface area contributed by atoms with E-state index in [2.05, 4.69) is 0 Å². The minimum atomic E-state index is -0.325. The van der Waals surface area contributed by atoms with E-state index >= 15 is 0 Å². The van der Waals surface area contributed by atoms with Gasteiger partial charge in [-0.3, -0.25) is 4.79 Å². The van der Waals surface area contributed by atoms with Gasteiger partial charge in [0.25, 0.3) is 0 Å². The molecule has 1 aliphatic heterocycles. The first-order valence-corrected chi connectivity index (χ1v) is 6.19. The van der Waals surface area contributed by atoms with E-state index in [1.807, 2.05) is 6.07 Å². The fourth-order valence-corrected chi connectivity index (χ4v) is 2.66. The average Bonchev–Trinajstić information content (AvgIpc) is 2.64. The first-order chi connectivity index (χ1) is 8.72. The zero-order chi connectivity index (χ0) is 12.5. The van der Waals surface area contributed by atoms with Crippen molar-refractivity contribution in [3.05, 3.63) is 35.9 Å². The molecule has 18 heavy (non-hydrogen) atoms. The van der Waals surface area contributed by atoms with E-state index in [0.717, 1.165) is 6.42 Å². The maximum atomic E-state index is 11.9. The predicted octanol–water partition coefficient (Wildman–Crippen LogP) is 1.94. The maximum Gasteiger partial charge on any atom is 0.338 e. The summed E-state index contributed by atoms with van der Waals surface area (Å²) in [6.45, 7) is 0. The number of carbonyl (C=O) groups excluding carboxylic acids is 2. The van der Waals surface area contributed by atoms with Crippen molar-refractivity contribution in [2.45, 2.75) is 31.5 Å². The van der Waals surface area contributed by atoms with E-state index in [1.54, 1.807) is 24.3 Å². The molecule has 3 rings (SSSR count). The molecule has 1 aromatic carbocycles. The van der Waals surface area contributed by atoms with Crippen molar-refractivity contribution in [2.24, 2.45) is 5.92 Å². The second-order valence-corrected chi connectivity index (χ2v) is 4.86. The number of hydrogen-bond donors (Lipinski definition) is 0. The van der Waals surface area contributed by atoms with Gasteiger partial charge in [-0.2, -0.15) is 0 Å². The molecule has 1 saturated carbocycles. The molecule has 1 aliphatic carbocycles. The molecule has 4 nitrogen and oxygen atoms in total. The van der Waals surface area contributed by atoms with Gasteiger partial charge < -0.3 is 9.47 Å². The third-order valence-electron chi connectivity index (χ3n) is 3.52. The molecule has 1 saturated heterocycles. The molecule has 3 atom stereocenters. The largest absolute Gasteiger partial charge is 0.462 e. The molecule has 0 aromatic heterocycles. The van der Waals surface area contributed by atoms with Crippen LogP contribution in [-0.4, -0.2) is 24.1 Å². The van der Waals surface area contributed by atoms with Gasteiger partial charge in [-0.05, 0) is 25.0 Å². The Hall–Kier alpha value is -1.84. The highest BCUT2D eigenvalue weighted by Gasteiger charge is 2.43. The molecular formula is C14H14O4. The third-order valence-corrected chi connectivity index (χ3v) is 3.52. The predicted molar refractivity (Wildman–Crippen MR) is 62.9 cm³/mol. The number of rotatable bonds is 2. The lowest BCUT2D eigenvalue weighted by atomic mass is 9.88. The van der Waals surface area contributed by atoms with E-state index < -0.39 is 0 Å². The summed E-state index contributed by atoms with van der Waals surface area (Å²) < 4.78 is 10.6. The Balaban J connectivity index is 1.64. The maximum absolute atomic E-state index is 11.9. The van der Waals surface area contributed by atoms with Crippen LogP contribution in [-0.2, 0) is 14.3 Å². The molecule has 2 bridgehead atoms. The summed E-state index contributed by atoms with van der Waals surface area (Å²) in [6.07, 6.45) is 1.73. The summed E-state index contributed by atoms with van der Waals surface area (Å²) in [5, 5.41) is 0. The Morgan fingerprint density at radius 1 is 1.17 bits per heavy atom. The van der Waals surface area contributed by atoms with Crippen molar-refractivity contribution in [1.82, 2.24) is 0 Å². The summed E-state index contributed by atoms with van der Waals surface area (Å²) in [6, 6.07) is 8.90. The van der Waals surface area contributed by atoms with Gasteiger partial charge in [0, 0.05) is 6.42 Å². The molecule has 2 aliphatic rings. The van der Waals surface area contributed by atoms with Crippen LogP contribution < -0.4 is 0 Å². The van der Waals surface area contributed by atoms with Gasteiger partial charge in [-0.25, -0.2) is 4.79 Å². The first-order valence-electron chi connectivity index (χ1n) is 6.19. The first kappa shape index (κ1) is 11.3. The van der Waals surface area contributed by atoms with Gasteiger partial charge >= 0.3 is 11.9 Å². The van der Waals surface area contributed by atoms with Crippen molar-refractivity contribution >= 4 is 11.9 Å². The molecule has 0 radical (unpaired) electrons. The van der Waals surface area contributed by atoms with Crippen molar-refractivity contribution in [2.75, 3.05) is 0 Å². The van der Waals surface area contributed by atoms with Crippen LogP contribution in [0.4, 0.5) is 0 Å². The zero-order valence-electron chi connectivity index (χ0n) is 9.87. The van der Waals surface area contributed by atoms with Gasteiger partial charge in [0.15, 0.2) is 0 Å². The topological polar surface area (TPSA) is 52.6 Å². The summed E-state index contributed by atoms with van der Waals surface area (Å²) in [5.41, 5.74) is 0.544. The van der Waals surface area contributed by atoms with Crippen LogP contribution in [0.1, 0.15) is 29.6 Å². The Morgan fingerprint density at radius 3 is 2.67 bits per heavy atom. The molecule has 1 heterocycles. The third kappa shape index (κ3) is 2.10. The van der Waals surface area contributed by atoms with E-state index in [-0.39, 0.29) is 30.1 Å². The highest BCUT2D eigenvalue weighted by Crippen LogP contribution is 2.35. The summed E-state index contributed by atoms with van der Waals surface area (Å²) in [7, 11) is 0. The lowest BCUT2D eigenvalue weighted by Crippen LogP contribution is -2.29. The molecule has 0 amide bonds. The van der Waals surface area contributed by atoms with Crippen LogP contribution in [0.2, 0.25) is 0 Å². The second-order valence-electron chi connectivity index (χ2n) is 4.86. The smallest absolute Gasteiger partial charge is 0.338 e. The fraction of sp³-hybridized carbons (Fsp3) is 0.429. The molecule has 94 valence electrons. The van der Waals surface area contributed by atoms with Crippen LogP contribution in [0.25, 0.3) is 0 Å². The summed E-state index contributed by atoms with van der Waals surface area (Å²) in [5.74, 6) is -0.551. The normalized spacial score (nSPS) is 29.8. The zero-order valence-corrected chi connectivity index (χ0v) is 9.87. The van der Waals surface area contributed by atoms with Crippen molar-refractivity contribution in [1.29, 1.82) is 0 Å². The Morgan fingerprint density at radius 2 is 1.94 bits per heavy atom. The number of benzene rings is 1. The van der Waals surface area contributed by atoms with E-state index in [1.165, 1.54) is 0 Å². The highest BCUT2D eigenvalue weighted by molar-refractivity contribution is 5.89. The average molecular weight is 246 g/mol. The monoisotopic (exact) mass is 246 g/mol. The number of esters is 2. The number of hydrogen-bond acceptors (Lipinski definition) is 4. The van der Waals surface area contributed by atoms with Crippen LogP contribution in [0.3, 0.4) is 0 Å². The van der Waals surface area contributed by atoms with E-state index in [0.29, 0.717) is 18.4 Å². The Bertz CT molecular complexity index is 468. The highest BCUT2D eigenvalue weighted by atomic mass is 16.6. The summed E-state index contributed by atoms with van der Waals surface area (Å²) in [4.78, 5) is 23.3. The number of fused-ring (bicyclic) bond motifs is 2. The lowest BCUT2D eigenvalue weighted by molar-refractivity contribution is -0.143. The minimum absolute atomic E-state index is 0.0650. The van der Waals surface area contributed by atoms with Crippen LogP contribution >= 0.6 is 0 Å². The second kappa shape index (κ2) is 4.44. The lowest BCUT2D eigenvalue weighted by Gasteiger charge is -2.24.